The molecule has 21 heavy (non-hydrogen) atoms. The van der Waals surface area contributed by atoms with Crippen molar-refractivity contribution in [1.29, 1.82) is 0 Å². The Morgan fingerprint density at radius 1 is 1.43 bits per heavy atom. The van der Waals surface area contributed by atoms with Crippen LogP contribution in [0.1, 0.15) is 24.9 Å². The molecule has 0 aliphatic carbocycles. The second-order valence-electron chi connectivity index (χ2n) is 4.69. The van der Waals surface area contributed by atoms with Crippen molar-refractivity contribution in [3.63, 3.8) is 0 Å². The van der Waals surface area contributed by atoms with Crippen LogP contribution in [0.25, 0.3) is 0 Å². The molecule has 1 aromatic rings. The van der Waals surface area contributed by atoms with Crippen molar-refractivity contribution >= 4 is 23.6 Å². The van der Waals surface area contributed by atoms with Gasteiger partial charge in [0.15, 0.2) is 0 Å². The third-order valence-corrected chi connectivity index (χ3v) is 3.48. The maximum Gasteiger partial charge on any atom is 0.326 e. The Labute approximate surface area is 128 Å². The number of amides is 2. The van der Waals surface area contributed by atoms with Gasteiger partial charge < -0.3 is 20.4 Å². The van der Waals surface area contributed by atoms with Crippen molar-refractivity contribution in [2.45, 2.75) is 25.4 Å². The molecule has 3 N–H and O–H groups in total. The molecule has 1 unspecified atom stereocenters. The molecule has 0 aliphatic heterocycles. The van der Waals surface area contributed by atoms with Gasteiger partial charge in [-0.2, -0.15) is 0 Å². The van der Waals surface area contributed by atoms with E-state index in [-0.39, 0.29) is 19.1 Å². The minimum absolute atomic E-state index is 0.0412. The van der Waals surface area contributed by atoms with Crippen LogP contribution in [0.3, 0.4) is 0 Å². The predicted molar refractivity (Wildman–Crippen MR) is 79.3 cm³/mol. The van der Waals surface area contributed by atoms with Gasteiger partial charge in [-0.25, -0.2) is 9.59 Å². The number of nitrogens with zero attached hydrogens (tertiary/aromatic N) is 1. The standard InChI is InChI=1S/C14H19ClN2O4/c1-9(10-4-3-5-11(15)8-10)17(2)14(21)16-12(6-7-18)13(19)20/h3-5,8-9,12,18H,6-7H2,1-2H3,(H,16,21)(H,19,20)/t9?,12-/m1/s1. The molecule has 2 amide bonds. The fourth-order valence-electron chi connectivity index (χ4n) is 1.80. The highest BCUT2D eigenvalue weighted by Crippen LogP contribution is 2.21. The summed E-state index contributed by atoms with van der Waals surface area (Å²) in [5.74, 6) is -1.18. The van der Waals surface area contributed by atoms with Crippen molar-refractivity contribution in [3.05, 3.63) is 34.9 Å². The number of urea groups is 1. The summed E-state index contributed by atoms with van der Waals surface area (Å²) in [5.41, 5.74) is 0.842. The fourth-order valence-corrected chi connectivity index (χ4v) is 2.00. The Morgan fingerprint density at radius 2 is 2.10 bits per heavy atom. The van der Waals surface area contributed by atoms with Crippen molar-refractivity contribution in [2.75, 3.05) is 13.7 Å². The Balaban J connectivity index is 2.75. The quantitative estimate of drug-likeness (QED) is 0.748. The number of nitrogens with one attached hydrogen (secondary N) is 1. The molecule has 116 valence electrons. The highest BCUT2D eigenvalue weighted by atomic mass is 35.5. The molecular formula is C14H19ClN2O4. The van der Waals surface area contributed by atoms with Gasteiger partial charge in [-0.1, -0.05) is 23.7 Å². The van der Waals surface area contributed by atoms with Gasteiger partial charge in [0.2, 0.25) is 0 Å². The van der Waals surface area contributed by atoms with Crippen LogP contribution in [0.4, 0.5) is 4.79 Å². The first kappa shape index (κ1) is 17.3. The number of aliphatic carboxylic acids is 1. The number of hydrogen-bond donors (Lipinski definition) is 3. The average Bonchev–Trinajstić information content (AvgIpc) is 2.44. The van der Waals surface area contributed by atoms with E-state index in [1.54, 1.807) is 25.2 Å². The van der Waals surface area contributed by atoms with Gasteiger partial charge in [0.1, 0.15) is 6.04 Å². The first-order valence-corrected chi connectivity index (χ1v) is 6.87. The number of benzene rings is 1. The van der Waals surface area contributed by atoms with Gasteiger partial charge >= 0.3 is 12.0 Å². The summed E-state index contributed by atoms with van der Waals surface area (Å²) in [6.45, 7) is 1.50. The molecular weight excluding hydrogens is 296 g/mol. The number of aliphatic hydroxyl groups is 1. The van der Waals surface area contributed by atoms with E-state index in [1.807, 2.05) is 13.0 Å². The molecule has 0 saturated heterocycles. The minimum Gasteiger partial charge on any atom is -0.480 e. The molecule has 6 nitrogen and oxygen atoms in total. The number of hydrogen-bond acceptors (Lipinski definition) is 3. The summed E-state index contributed by atoms with van der Waals surface area (Å²) in [5, 5.41) is 20.7. The molecule has 1 aromatic carbocycles. The average molecular weight is 315 g/mol. The smallest absolute Gasteiger partial charge is 0.326 e. The van der Waals surface area contributed by atoms with Gasteiger partial charge in [-0.05, 0) is 24.6 Å². The van der Waals surface area contributed by atoms with E-state index in [1.165, 1.54) is 4.90 Å². The molecule has 0 bridgehead atoms. The van der Waals surface area contributed by atoms with Crippen LogP contribution < -0.4 is 5.32 Å². The minimum atomic E-state index is -1.18. The number of carbonyl (C=O) groups excluding carboxylic acids is 1. The normalized spacial score (nSPS) is 13.3. The zero-order chi connectivity index (χ0) is 16.0. The largest absolute Gasteiger partial charge is 0.480 e. The lowest BCUT2D eigenvalue weighted by atomic mass is 10.1. The Bertz CT molecular complexity index is 510. The first-order chi connectivity index (χ1) is 9.86. The topological polar surface area (TPSA) is 89.9 Å². The van der Waals surface area contributed by atoms with Gasteiger partial charge in [-0.3, -0.25) is 0 Å². The second-order valence-corrected chi connectivity index (χ2v) is 5.13. The Hall–Kier alpha value is -1.79. The molecule has 0 radical (unpaired) electrons. The van der Waals surface area contributed by atoms with Crippen molar-refractivity contribution in [1.82, 2.24) is 10.2 Å². The van der Waals surface area contributed by atoms with Gasteiger partial charge in [0.25, 0.3) is 0 Å². The lowest BCUT2D eigenvalue weighted by molar-refractivity contribution is -0.139. The summed E-state index contributed by atoms with van der Waals surface area (Å²) in [4.78, 5) is 24.4. The highest BCUT2D eigenvalue weighted by molar-refractivity contribution is 6.30. The predicted octanol–water partition coefficient (Wildman–Crippen LogP) is 1.88. The van der Waals surface area contributed by atoms with Gasteiger partial charge in [0, 0.05) is 25.1 Å². The van der Waals surface area contributed by atoms with Crippen LogP contribution in [0.2, 0.25) is 5.02 Å². The molecule has 7 heteroatoms. The van der Waals surface area contributed by atoms with Crippen LogP contribution in [-0.2, 0) is 4.79 Å². The molecule has 0 heterocycles. The van der Waals surface area contributed by atoms with Crippen LogP contribution in [0.15, 0.2) is 24.3 Å². The summed E-state index contributed by atoms with van der Waals surface area (Å²) in [6.07, 6.45) is -0.0412. The van der Waals surface area contributed by atoms with Crippen LogP contribution in [-0.4, -0.2) is 46.8 Å². The van der Waals surface area contributed by atoms with E-state index in [9.17, 15) is 9.59 Å². The van der Waals surface area contributed by atoms with Gasteiger partial charge in [-0.15, -0.1) is 0 Å². The van der Waals surface area contributed by atoms with E-state index in [0.717, 1.165) is 5.56 Å². The monoisotopic (exact) mass is 314 g/mol. The molecule has 1 rings (SSSR count). The zero-order valence-corrected chi connectivity index (χ0v) is 12.7. The number of halogens is 1. The van der Waals surface area contributed by atoms with E-state index in [0.29, 0.717) is 5.02 Å². The fraction of sp³-hybridized carbons (Fsp3) is 0.429. The van der Waals surface area contributed by atoms with Crippen molar-refractivity contribution in [2.24, 2.45) is 0 Å². The Kier molecular flexibility index (Phi) is 6.45. The number of carboxylic acid groups (broad SMARTS) is 1. The van der Waals surface area contributed by atoms with E-state index in [2.05, 4.69) is 5.32 Å². The zero-order valence-electron chi connectivity index (χ0n) is 11.9. The summed E-state index contributed by atoms with van der Waals surface area (Å²) in [7, 11) is 1.57. The molecule has 0 saturated carbocycles. The number of carboxylic acids is 1. The first-order valence-electron chi connectivity index (χ1n) is 6.49. The van der Waals surface area contributed by atoms with E-state index in [4.69, 9.17) is 21.8 Å². The van der Waals surface area contributed by atoms with E-state index >= 15 is 0 Å². The summed E-state index contributed by atoms with van der Waals surface area (Å²) in [6, 6.07) is 5.19. The maximum absolute atomic E-state index is 12.1. The Morgan fingerprint density at radius 3 is 2.62 bits per heavy atom. The lowest BCUT2D eigenvalue weighted by Gasteiger charge is -2.27. The molecule has 0 fully saturated rings. The van der Waals surface area contributed by atoms with Crippen LogP contribution in [0, 0.1) is 0 Å². The van der Waals surface area contributed by atoms with Crippen LogP contribution >= 0.6 is 11.6 Å². The highest BCUT2D eigenvalue weighted by Gasteiger charge is 2.24. The van der Waals surface area contributed by atoms with Gasteiger partial charge in [0.05, 0.1) is 6.04 Å². The third kappa shape index (κ3) is 4.91. The summed E-state index contributed by atoms with van der Waals surface area (Å²) >= 11 is 5.92. The molecule has 2 atom stereocenters. The third-order valence-electron chi connectivity index (χ3n) is 3.25. The van der Waals surface area contributed by atoms with Crippen molar-refractivity contribution in [3.8, 4) is 0 Å². The number of rotatable bonds is 6. The number of carbonyl (C=O) groups is 2. The maximum atomic E-state index is 12.1. The molecule has 0 aromatic heterocycles. The van der Waals surface area contributed by atoms with Crippen LogP contribution in [0.5, 0.6) is 0 Å². The molecule has 0 spiro atoms. The lowest BCUT2D eigenvalue weighted by Crippen LogP contribution is -2.47. The summed E-state index contributed by atoms with van der Waals surface area (Å²) < 4.78 is 0. The number of aliphatic hydroxyl groups excluding tert-OH is 1. The second kappa shape index (κ2) is 7.85. The van der Waals surface area contributed by atoms with Crippen molar-refractivity contribution < 1.29 is 19.8 Å². The van der Waals surface area contributed by atoms with E-state index < -0.39 is 18.0 Å². The molecule has 0 aliphatic rings. The SMILES string of the molecule is CC(c1cccc(Cl)c1)N(C)C(=O)N[C@H](CCO)C(=O)O.